The van der Waals surface area contributed by atoms with Gasteiger partial charge in [0.2, 0.25) is 0 Å². The lowest BCUT2D eigenvalue weighted by Crippen LogP contribution is -2.14. The van der Waals surface area contributed by atoms with Gasteiger partial charge in [-0.05, 0) is 18.2 Å². The first-order valence-corrected chi connectivity index (χ1v) is 5.61. The first-order chi connectivity index (χ1) is 8.20. The summed E-state index contributed by atoms with van der Waals surface area (Å²) in [5.41, 5.74) is 0.506. The van der Waals surface area contributed by atoms with Crippen LogP contribution in [0.5, 0.6) is 0 Å². The van der Waals surface area contributed by atoms with E-state index in [4.69, 9.17) is 0 Å². The van der Waals surface area contributed by atoms with Gasteiger partial charge < -0.3 is 4.42 Å². The summed E-state index contributed by atoms with van der Waals surface area (Å²) in [6, 6.07) is 4.98. The van der Waals surface area contributed by atoms with Gasteiger partial charge in [0.1, 0.15) is 0 Å². The molecule has 1 heterocycles. The summed E-state index contributed by atoms with van der Waals surface area (Å²) in [6.07, 6.45) is 0.682. The summed E-state index contributed by atoms with van der Waals surface area (Å²) in [4.78, 5) is 24.8. The van der Waals surface area contributed by atoms with Gasteiger partial charge in [0.25, 0.3) is 0 Å². The van der Waals surface area contributed by atoms with E-state index in [0.717, 1.165) is 0 Å². The van der Waals surface area contributed by atoms with Crippen molar-refractivity contribution < 1.29 is 4.42 Å². The van der Waals surface area contributed by atoms with Crippen molar-refractivity contribution in [2.45, 2.75) is 6.42 Å². The number of aromatic amines is 1. The summed E-state index contributed by atoms with van der Waals surface area (Å²) in [7, 11) is 0. The molecule has 17 heavy (non-hydrogen) atoms. The fraction of sp³-hybridized carbons (Fsp3) is 0.167. The number of benzene rings is 1. The molecule has 0 saturated carbocycles. The van der Waals surface area contributed by atoms with Crippen molar-refractivity contribution in [2.24, 2.45) is 0 Å². The van der Waals surface area contributed by atoms with Crippen LogP contribution in [0.3, 0.4) is 0 Å². The Balaban J connectivity index is 2.56. The highest BCUT2D eigenvalue weighted by Gasteiger charge is 2.02. The van der Waals surface area contributed by atoms with E-state index < -0.39 is 11.4 Å². The highest BCUT2D eigenvalue weighted by molar-refractivity contribution is 7.80. The van der Waals surface area contributed by atoms with Gasteiger partial charge in [-0.2, -0.15) is 12.6 Å². The minimum Gasteiger partial charge on any atom is -0.372 e. The quantitative estimate of drug-likeness (QED) is 0.587. The Morgan fingerprint density at radius 1 is 1.35 bits per heavy atom. The molecule has 0 amide bonds. The largest absolute Gasteiger partial charge is 0.419 e. The average molecular weight is 247 g/mol. The molecule has 2 aromatic rings. The second kappa shape index (κ2) is 4.93. The standard InChI is InChI=1S/C12H9NO3S/c14-11-9-7-8(3-1-2-6-17)4-5-10(9)13-12(15)16-11/h4-5,7,17H,2,6H2,(H,13,15). The van der Waals surface area contributed by atoms with Gasteiger partial charge in [-0.15, -0.1) is 0 Å². The zero-order valence-electron chi connectivity index (χ0n) is 8.82. The van der Waals surface area contributed by atoms with Crippen molar-refractivity contribution >= 4 is 23.5 Å². The smallest absolute Gasteiger partial charge is 0.372 e. The Morgan fingerprint density at radius 3 is 2.94 bits per heavy atom. The van der Waals surface area contributed by atoms with E-state index in [9.17, 15) is 9.59 Å². The molecule has 0 bridgehead atoms. The first-order valence-electron chi connectivity index (χ1n) is 4.97. The van der Waals surface area contributed by atoms with Crippen LogP contribution in [-0.2, 0) is 0 Å². The Labute approximate surface area is 102 Å². The summed E-state index contributed by atoms with van der Waals surface area (Å²) in [5, 5.41) is 0.322. The summed E-state index contributed by atoms with van der Waals surface area (Å²) >= 11 is 4.05. The lowest BCUT2D eigenvalue weighted by Gasteiger charge is -1.95. The van der Waals surface area contributed by atoms with Gasteiger partial charge in [0.15, 0.2) is 0 Å². The maximum absolute atomic E-state index is 11.4. The molecule has 2 rings (SSSR count). The van der Waals surface area contributed by atoms with E-state index in [1.54, 1.807) is 18.2 Å². The predicted molar refractivity (Wildman–Crippen MR) is 68.5 cm³/mol. The van der Waals surface area contributed by atoms with Gasteiger partial charge in [-0.25, -0.2) is 9.59 Å². The Hall–Kier alpha value is -1.93. The van der Waals surface area contributed by atoms with Crippen LogP contribution in [0.1, 0.15) is 12.0 Å². The van der Waals surface area contributed by atoms with Crippen molar-refractivity contribution in [3.8, 4) is 11.8 Å². The molecule has 86 valence electrons. The lowest BCUT2D eigenvalue weighted by atomic mass is 10.1. The Kier molecular flexibility index (Phi) is 3.35. The van der Waals surface area contributed by atoms with E-state index in [1.165, 1.54) is 0 Å². The first kappa shape index (κ1) is 11.6. The van der Waals surface area contributed by atoms with Crippen molar-refractivity contribution in [3.05, 3.63) is 44.7 Å². The normalized spacial score (nSPS) is 9.94. The minimum absolute atomic E-state index is 0.322. The van der Waals surface area contributed by atoms with E-state index in [0.29, 0.717) is 28.6 Å². The topological polar surface area (TPSA) is 63.1 Å². The molecule has 0 aliphatic carbocycles. The molecule has 5 heteroatoms. The second-order valence-corrected chi connectivity index (χ2v) is 3.78. The number of aromatic nitrogens is 1. The molecular weight excluding hydrogens is 238 g/mol. The van der Waals surface area contributed by atoms with Gasteiger partial charge in [0, 0.05) is 17.7 Å². The lowest BCUT2D eigenvalue weighted by molar-refractivity contribution is 0.460. The molecule has 0 spiro atoms. The minimum atomic E-state index is -0.753. The molecule has 0 radical (unpaired) electrons. The van der Waals surface area contributed by atoms with Crippen molar-refractivity contribution in [1.82, 2.24) is 4.98 Å². The molecule has 0 unspecified atom stereocenters. The van der Waals surface area contributed by atoms with Gasteiger partial charge in [0.05, 0.1) is 10.9 Å². The third-order valence-electron chi connectivity index (χ3n) is 2.13. The molecule has 4 nitrogen and oxygen atoms in total. The van der Waals surface area contributed by atoms with Gasteiger partial charge >= 0.3 is 11.4 Å². The molecule has 0 saturated heterocycles. The van der Waals surface area contributed by atoms with Crippen molar-refractivity contribution in [2.75, 3.05) is 5.75 Å². The SMILES string of the molecule is O=c1[nH]c2ccc(C#CCCS)cc2c(=O)o1. The predicted octanol–water partition coefficient (Wildman–Crippen LogP) is 1.15. The fourth-order valence-corrected chi connectivity index (χ4v) is 1.51. The van der Waals surface area contributed by atoms with Gasteiger partial charge in [-0.1, -0.05) is 11.8 Å². The molecule has 0 fully saturated rings. The number of thiol groups is 1. The van der Waals surface area contributed by atoms with Crippen LogP contribution in [0, 0.1) is 11.8 Å². The highest BCUT2D eigenvalue weighted by Crippen LogP contribution is 2.07. The maximum atomic E-state index is 11.4. The molecule has 1 aromatic carbocycles. The van der Waals surface area contributed by atoms with E-state index in [2.05, 4.69) is 33.9 Å². The fourth-order valence-electron chi connectivity index (χ4n) is 1.39. The van der Waals surface area contributed by atoms with Gasteiger partial charge in [-0.3, -0.25) is 4.98 Å². The van der Waals surface area contributed by atoms with Crippen LogP contribution < -0.4 is 11.4 Å². The summed E-state index contributed by atoms with van der Waals surface area (Å²) < 4.78 is 4.44. The molecule has 1 aromatic heterocycles. The zero-order chi connectivity index (χ0) is 12.3. The van der Waals surface area contributed by atoms with E-state index >= 15 is 0 Å². The zero-order valence-corrected chi connectivity index (χ0v) is 9.71. The monoisotopic (exact) mass is 247 g/mol. The number of fused-ring (bicyclic) bond motifs is 1. The summed E-state index contributed by atoms with van der Waals surface area (Å²) in [6.45, 7) is 0. The van der Waals surface area contributed by atoms with Crippen LogP contribution in [-0.4, -0.2) is 10.7 Å². The summed E-state index contributed by atoms with van der Waals surface area (Å²) in [5.74, 6) is 5.76. The van der Waals surface area contributed by atoms with Crippen molar-refractivity contribution in [1.29, 1.82) is 0 Å². The van der Waals surface area contributed by atoms with Crippen LogP contribution in [0.2, 0.25) is 0 Å². The molecule has 0 aliphatic rings. The maximum Gasteiger partial charge on any atom is 0.419 e. The number of hydrogen-bond donors (Lipinski definition) is 2. The van der Waals surface area contributed by atoms with E-state index in [-0.39, 0.29) is 0 Å². The molecular formula is C12H9NO3S. The van der Waals surface area contributed by atoms with Crippen LogP contribution in [0.4, 0.5) is 0 Å². The molecule has 1 N–H and O–H groups in total. The Bertz CT molecular complexity index is 718. The van der Waals surface area contributed by atoms with E-state index in [1.807, 2.05) is 0 Å². The second-order valence-electron chi connectivity index (χ2n) is 3.34. The number of nitrogens with one attached hydrogen (secondary N) is 1. The molecule has 0 aliphatic heterocycles. The highest BCUT2D eigenvalue weighted by atomic mass is 32.1. The molecule has 0 atom stereocenters. The van der Waals surface area contributed by atoms with Crippen LogP contribution >= 0.6 is 12.6 Å². The van der Waals surface area contributed by atoms with Crippen molar-refractivity contribution in [3.63, 3.8) is 0 Å². The third kappa shape index (κ3) is 2.60. The van der Waals surface area contributed by atoms with Crippen LogP contribution in [0.15, 0.2) is 32.2 Å². The van der Waals surface area contributed by atoms with Crippen LogP contribution in [0.25, 0.3) is 10.9 Å². The number of hydrogen-bond acceptors (Lipinski definition) is 4. The Morgan fingerprint density at radius 2 is 2.18 bits per heavy atom. The number of H-pyrrole nitrogens is 1. The third-order valence-corrected chi connectivity index (χ3v) is 2.35. The number of rotatable bonds is 1. The average Bonchev–Trinajstić information content (AvgIpc) is 2.30.